The molecule has 0 aliphatic carbocycles. The zero-order valence-corrected chi connectivity index (χ0v) is 8.97. The van der Waals surface area contributed by atoms with E-state index in [1.807, 2.05) is 0 Å². The van der Waals surface area contributed by atoms with Crippen molar-refractivity contribution in [2.75, 3.05) is 5.32 Å². The molecule has 1 aliphatic heterocycles. The number of ether oxygens (including phenoxy) is 1. The van der Waals surface area contributed by atoms with Crippen molar-refractivity contribution in [1.82, 2.24) is 0 Å². The molecule has 0 aromatic heterocycles. The highest BCUT2D eigenvalue weighted by Crippen LogP contribution is 2.32. The molecule has 92 valence electrons. The molecular formula is C11H10F3NO2. The van der Waals surface area contributed by atoms with E-state index in [1.165, 1.54) is 18.2 Å². The van der Waals surface area contributed by atoms with E-state index >= 15 is 0 Å². The largest absolute Gasteiger partial charge is 0.479 e. The molecule has 0 bridgehead atoms. The van der Waals surface area contributed by atoms with Gasteiger partial charge in [-0.05, 0) is 24.6 Å². The molecule has 1 N–H and O–H groups in total. The molecule has 1 atom stereocenters. The van der Waals surface area contributed by atoms with Gasteiger partial charge in [0.1, 0.15) is 5.75 Å². The number of carbonyl (C=O) groups excluding carboxylic acids is 1. The lowest BCUT2D eigenvalue weighted by molar-refractivity contribution is -0.127. The van der Waals surface area contributed by atoms with Crippen LogP contribution in [-0.2, 0) is 11.2 Å². The van der Waals surface area contributed by atoms with Crippen LogP contribution in [0.2, 0.25) is 0 Å². The predicted octanol–water partition coefficient (Wildman–Crippen LogP) is 2.51. The molecule has 1 aromatic carbocycles. The summed E-state index contributed by atoms with van der Waals surface area (Å²) in [7, 11) is 0. The molecule has 0 radical (unpaired) electrons. The molecular weight excluding hydrogens is 235 g/mol. The third-order valence-electron chi connectivity index (χ3n) is 2.38. The number of nitrogens with one attached hydrogen (secondary N) is 1. The monoisotopic (exact) mass is 245 g/mol. The number of alkyl halides is 3. The van der Waals surface area contributed by atoms with Crippen LogP contribution in [0.4, 0.5) is 18.9 Å². The van der Waals surface area contributed by atoms with Gasteiger partial charge in [0.15, 0.2) is 6.10 Å². The summed E-state index contributed by atoms with van der Waals surface area (Å²) in [6, 6.07) is 4.06. The van der Waals surface area contributed by atoms with Crippen molar-refractivity contribution in [2.24, 2.45) is 0 Å². The van der Waals surface area contributed by atoms with E-state index in [0.717, 1.165) is 0 Å². The number of amides is 1. The molecule has 17 heavy (non-hydrogen) atoms. The summed E-state index contributed by atoms with van der Waals surface area (Å²) in [6.07, 6.45) is -5.91. The van der Waals surface area contributed by atoms with Gasteiger partial charge in [0.2, 0.25) is 0 Å². The molecule has 0 saturated heterocycles. The third kappa shape index (κ3) is 2.69. The van der Waals surface area contributed by atoms with E-state index in [4.69, 9.17) is 4.74 Å². The lowest BCUT2D eigenvalue weighted by Crippen LogP contribution is -2.34. The number of rotatable bonds is 1. The first kappa shape index (κ1) is 11.8. The van der Waals surface area contributed by atoms with Crippen LogP contribution < -0.4 is 10.1 Å². The van der Waals surface area contributed by atoms with E-state index in [-0.39, 0.29) is 17.2 Å². The Morgan fingerprint density at radius 1 is 1.41 bits per heavy atom. The SMILES string of the molecule is CC1Oc2ccc(CC(F)(F)F)cc2NC1=O. The first-order valence-electron chi connectivity index (χ1n) is 5.02. The normalized spacial score (nSPS) is 19.3. The summed E-state index contributed by atoms with van der Waals surface area (Å²) in [5.74, 6) is 0.0321. The molecule has 0 saturated carbocycles. The number of anilines is 1. The van der Waals surface area contributed by atoms with E-state index in [1.54, 1.807) is 6.92 Å². The minimum absolute atomic E-state index is 0.0923. The van der Waals surface area contributed by atoms with Crippen LogP contribution in [0, 0.1) is 0 Å². The van der Waals surface area contributed by atoms with Gasteiger partial charge in [0, 0.05) is 0 Å². The Morgan fingerprint density at radius 2 is 2.12 bits per heavy atom. The fourth-order valence-corrected chi connectivity index (χ4v) is 1.60. The summed E-state index contributed by atoms with van der Waals surface area (Å²) in [4.78, 5) is 11.3. The second kappa shape index (κ2) is 3.94. The van der Waals surface area contributed by atoms with Crippen LogP contribution in [0.3, 0.4) is 0 Å². The van der Waals surface area contributed by atoms with Crippen LogP contribution >= 0.6 is 0 Å². The van der Waals surface area contributed by atoms with Gasteiger partial charge in [-0.1, -0.05) is 6.07 Å². The summed E-state index contributed by atoms with van der Waals surface area (Å²) in [6.45, 7) is 1.57. The van der Waals surface area contributed by atoms with Gasteiger partial charge in [-0.3, -0.25) is 4.79 Å². The summed E-state index contributed by atoms with van der Waals surface area (Å²) in [5.41, 5.74) is 0.379. The van der Waals surface area contributed by atoms with E-state index < -0.39 is 18.7 Å². The molecule has 6 heteroatoms. The van der Waals surface area contributed by atoms with Crippen LogP contribution in [0.15, 0.2) is 18.2 Å². The first-order chi connectivity index (χ1) is 7.85. The second-order valence-electron chi connectivity index (χ2n) is 3.87. The fraction of sp³-hybridized carbons (Fsp3) is 0.364. The van der Waals surface area contributed by atoms with E-state index in [2.05, 4.69) is 5.32 Å². The lowest BCUT2D eigenvalue weighted by Gasteiger charge is -2.23. The molecule has 1 unspecified atom stereocenters. The van der Waals surface area contributed by atoms with Crippen LogP contribution in [0.25, 0.3) is 0 Å². The Morgan fingerprint density at radius 3 is 2.76 bits per heavy atom. The number of halogens is 3. The van der Waals surface area contributed by atoms with Crippen molar-refractivity contribution in [3.8, 4) is 5.75 Å². The highest BCUT2D eigenvalue weighted by molar-refractivity contribution is 5.97. The quantitative estimate of drug-likeness (QED) is 0.825. The Kier molecular flexibility index (Phi) is 2.73. The molecule has 2 rings (SSSR count). The molecule has 1 aromatic rings. The molecule has 1 heterocycles. The van der Waals surface area contributed by atoms with Gasteiger partial charge >= 0.3 is 6.18 Å². The fourth-order valence-electron chi connectivity index (χ4n) is 1.60. The number of hydrogen-bond donors (Lipinski definition) is 1. The minimum atomic E-state index is -4.26. The number of fused-ring (bicyclic) bond motifs is 1. The van der Waals surface area contributed by atoms with Crippen molar-refractivity contribution >= 4 is 11.6 Å². The van der Waals surface area contributed by atoms with Crippen molar-refractivity contribution in [3.63, 3.8) is 0 Å². The number of carbonyl (C=O) groups is 1. The Balaban J connectivity index is 2.26. The zero-order chi connectivity index (χ0) is 12.6. The summed E-state index contributed by atoms with van der Waals surface area (Å²) < 4.78 is 41.8. The average Bonchev–Trinajstić information content (AvgIpc) is 2.18. The van der Waals surface area contributed by atoms with Crippen molar-refractivity contribution in [3.05, 3.63) is 23.8 Å². The molecule has 1 aliphatic rings. The predicted molar refractivity (Wildman–Crippen MR) is 54.9 cm³/mol. The van der Waals surface area contributed by atoms with Crippen molar-refractivity contribution in [2.45, 2.75) is 25.6 Å². The molecule has 1 amide bonds. The highest BCUT2D eigenvalue weighted by atomic mass is 19.4. The number of hydrogen-bond acceptors (Lipinski definition) is 2. The zero-order valence-electron chi connectivity index (χ0n) is 8.97. The molecule has 0 spiro atoms. The maximum atomic E-state index is 12.2. The van der Waals surface area contributed by atoms with Crippen LogP contribution in [0.5, 0.6) is 5.75 Å². The Hall–Kier alpha value is -1.72. The van der Waals surface area contributed by atoms with Gasteiger partial charge in [-0.2, -0.15) is 13.2 Å². The van der Waals surface area contributed by atoms with Gasteiger partial charge in [0.05, 0.1) is 12.1 Å². The van der Waals surface area contributed by atoms with Crippen molar-refractivity contribution < 1.29 is 22.7 Å². The Bertz CT molecular complexity index is 457. The number of benzene rings is 1. The van der Waals surface area contributed by atoms with Gasteiger partial charge < -0.3 is 10.1 Å². The summed E-state index contributed by atoms with van der Waals surface area (Å²) in [5, 5.41) is 2.50. The van der Waals surface area contributed by atoms with E-state index in [0.29, 0.717) is 5.75 Å². The molecule has 0 fully saturated rings. The third-order valence-corrected chi connectivity index (χ3v) is 2.38. The maximum absolute atomic E-state index is 12.2. The average molecular weight is 245 g/mol. The standard InChI is InChI=1S/C11H10F3NO2/c1-6-10(16)15-8-4-7(5-11(12,13)14)2-3-9(8)17-6/h2-4,6H,5H2,1H3,(H,15,16). The minimum Gasteiger partial charge on any atom is -0.479 e. The van der Waals surface area contributed by atoms with Crippen LogP contribution in [0.1, 0.15) is 12.5 Å². The van der Waals surface area contributed by atoms with E-state index in [9.17, 15) is 18.0 Å². The summed E-state index contributed by atoms with van der Waals surface area (Å²) >= 11 is 0. The smallest absolute Gasteiger partial charge is 0.393 e. The van der Waals surface area contributed by atoms with Gasteiger partial charge in [-0.25, -0.2) is 0 Å². The van der Waals surface area contributed by atoms with Crippen molar-refractivity contribution in [1.29, 1.82) is 0 Å². The highest BCUT2D eigenvalue weighted by Gasteiger charge is 2.29. The van der Waals surface area contributed by atoms with Gasteiger partial charge in [-0.15, -0.1) is 0 Å². The maximum Gasteiger partial charge on any atom is 0.393 e. The van der Waals surface area contributed by atoms with Gasteiger partial charge in [0.25, 0.3) is 5.91 Å². The molecule has 3 nitrogen and oxygen atoms in total. The second-order valence-corrected chi connectivity index (χ2v) is 3.87. The Labute approximate surface area is 95.6 Å². The topological polar surface area (TPSA) is 38.3 Å². The van der Waals surface area contributed by atoms with Crippen LogP contribution in [-0.4, -0.2) is 18.2 Å². The first-order valence-corrected chi connectivity index (χ1v) is 5.02. The lowest BCUT2D eigenvalue weighted by atomic mass is 10.1.